The van der Waals surface area contributed by atoms with E-state index in [-0.39, 0.29) is 27.9 Å². The van der Waals surface area contributed by atoms with Crippen LogP contribution in [-0.4, -0.2) is 27.2 Å². The molecule has 1 fully saturated rings. The molecule has 0 amide bonds. The molecule has 70 heavy (non-hydrogen) atoms. The van der Waals surface area contributed by atoms with E-state index in [1.807, 2.05) is 69.8 Å². The molecule has 0 N–H and O–H groups in total. The van der Waals surface area contributed by atoms with Crippen LogP contribution in [0.25, 0.3) is 72.4 Å². The fourth-order valence-corrected chi connectivity index (χ4v) is 15.9. The van der Waals surface area contributed by atoms with Gasteiger partial charge >= 0.3 is 0 Å². The number of fused-ring (bicyclic) bond motifs is 4. The predicted octanol–water partition coefficient (Wildman–Crippen LogP) is 14.1. The highest BCUT2D eigenvalue weighted by Crippen LogP contribution is 2.38. The zero-order chi connectivity index (χ0) is 54.3. The zero-order valence-corrected chi connectivity index (χ0v) is 40.3. The van der Waals surface area contributed by atoms with Crippen LogP contribution in [0.3, 0.4) is 0 Å². The first-order valence-corrected chi connectivity index (χ1v) is 26.4. The van der Waals surface area contributed by atoms with Crippen LogP contribution in [0.1, 0.15) is 62.1 Å². The summed E-state index contributed by atoms with van der Waals surface area (Å²) in [6.45, 7) is 4.05. The molecule has 0 aliphatic carbocycles. The predicted molar refractivity (Wildman–Crippen MR) is 289 cm³/mol. The van der Waals surface area contributed by atoms with E-state index in [0.717, 1.165) is 38.6 Å². The highest BCUT2D eigenvalue weighted by atomic mass is 28.3. The maximum atomic E-state index is 8.65. The van der Waals surface area contributed by atoms with Crippen molar-refractivity contribution in [3.8, 4) is 51.1 Å². The second kappa shape index (κ2) is 17.6. The van der Waals surface area contributed by atoms with Gasteiger partial charge in [0.2, 0.25) is 0 Å². The molecule has 0 saturated carbocycles. The molecule has 1 aliphatic rings. The molecule has 1 aliphatic heterocycles. The van der Waals surface area contributed by atoms with Crippen molar-refractivity contribution < 1.29 is 20.3 Å². The molecular weight excluding hydrogens is 871 g/mol. The fourth-order valence-electron chi connectivity index (χ4n) is 10.8. The normalized spacial score (nSPS) is 15.6. The molecule has 0 bridgehead atoms. The third kappa shape index (κ3) is 7.62. The van der Waals surface area contributed by atoms with Crippen LogP contribution in [0.4, 0.5) is 0 Å². The Kier molecular flexibility index (Phi) is 8.86. The Bertz CT molecular complexity index is 4130. The third-order valence-corrected chi connectivity index (χ3v) is 19.4. The van der Waals surface area contributed by atoms with Gasteiger partial charge < -0.3 is 4.74 Å². The molecule has 0 radical (unpaired) electrons. The van der Waals surface area contributed by atoms with Crippen LogP contribution in [0.15, 0.2) is 200 Å². The van der Waals surface area contributed by atoms with E-state index in [9.17, 15) is 0 Å². The van der Waals surface area contributed by atoms with E-state index < -0.39 is 45.1 Å². The van der Waals surface area contributed by atoms with Gasteiger partial charge in [0.05, 0.1) is 34.6 Å². The number of imidazole rings is 1. The Hall–Kier alpha value is -7.87. The molecular formula is C63H55N5OSi. The number of rotatable bonds is 9. The number of ether oxygens (including phenoxy) is 1. The second-order valence-electron chi connectivity index (χ2n) is 19.4. The summed E-state index contributed by atoms with van der Waals surface area (Å²) >= 11 is 0. The fraction of sp³-hybridized carbons (Fsp3) is 0.159. The molecule has 7 heteroatoms. The summed E-state index contributed by atoms with van der Waals surface area (Å²) in [4.78, 5) is 9.65. The van der Waals surface area contributed by atoms with Crippen molar-refractivity contribution in [3.05, 3.63) is 218 Å². The number of aryl methyl sites for hydroxylation is 1. The molecule has 342 valence electrons. The monoisotopic (exact) mass is 933 g/mol. The molecule has 1 saturated heterocycles. The lowest BCUT2D eigenvalue weighted by Gasteiger charge is -2.37. The van der Waals surface area contributed by atoms with Gasteiger partial charge in [0.1, 0.15) is 25.4 Å². The van der Waals surface area contributed by atoms with Crippen LogP contribution < -0.4 is 19.7 Å². The van der Waals surface area contributed by atoms with Crippen LogP contribution in [0.2, 0.25) is 12.1 Å². The lowest BCUT2D eigenvalue weighted by Crippen LogP contribution is -2.59. The minimum atomic E-state index is -2.74. The first-order valence-electron chi connectivity index (χ1n) is 28.0. The largest absolute Gasteiger partial charge is 0.458 e. The average molecular weight is 934 g/mol. The maximum absolute atomic E-state index is 8.65. The van der Waals surface area contributed by atoms with Gasteiger partial charge in [0.25, 0.3) is 6.33 Å². The summed E-state index contributed by atoms with van der Waals surface area (Å²) in [7, 11) is -2.02. The van der Waals surface area contributed by atoms with Gasteiger partial charge in [-0.25, -0.2) is 4.98 Å². The van der Waals surface area contributed by atoms with Crippen LogP contribution >= 0.6 is 0 Å². The number of benzene rings is 7. The Morgan fingerprint density at radius 3 is 2.20 bits per heavy atom. The molecule has 0 spiro atoms. The molecule has 11 aromatic rings. The molecule has 0 unspecified atom stereocenters. The molecule has 7 aromatic carbocycles. The van der Waals surface area contributed by atoms with Gasteiger partial charge in [0, 0.05) is 45.0 Å². The van der Waals surface area contributed by atoms with E-state index in [0.29, 0.717) is 22.8 Å². The highest BCUT2D eigenvalue weighted by molar-refractivity contribution is 7.02. The quantitative estimate of drug-likeness (QED) is 0.0823. The highest BCUT2D eigenvalue weighted by Gasteiger charge is 2.38. The average Bonchev–Trinajstić information content (AvgIpc) is 4.20. The van der Waals surface area contributed by atoms with Crippen molar-refractivity contribution in [2.45, 2.75) is 64.4 Å². The number of hydrogen-bond donors (Lipinski definition) is 0. The van der Waals surface area contributed by atoms with Gasteiger partial charge in [-0.15, -0.1) is 0 Å². The zero-order valence-electron chi connectivity index (χ0n) is 47.3. The summed E-state index contributed by atoms with van der Waals surface area (Å²) in [6.07, 6.45) is 10.6. The summed E-state index contributed by atoms with van der Waals surface area (Å²) < 4.78 is 80.5. The maximum Gasteiger partial charge on any atom is 0.271 e. The Morgan fingerprint density at radius 1 is 0.629 bits per heavy atom. The first kappa shape index (κ1) is 35.3. The van der Waals surface area contributed by atoms with Gasteiger partial charge in [-0.2, -0.15) is 0 Å². The summed E-state index contributed by atoms with van der Waals surface area (Å²) in [6, 6.07) is 54.1. The number of hydrogen-bond acceptors (Lipinski definition) is 3. The summed E-state index contributed by atoms with van der Waals surface area (Å²) in [5.41, 5.74) is 7.17. The van der Waals surface area contributed by atoms with Gasteiger partial charge in [-0.05, 0) is 82.5 Å². The van der Waals surface area contributed by atoms with E-state index in [2.05, 4.69) is 123 Å². The minimum absolute atomic E-state index is 0.0656. The molecule has 5 heterocycles. The Morgan fingerprint density at radius 2 is 1.37 bits per heavy atom. The van der Waals surface area contributed by atoms with E-state index in [4.69, 9.17) is 25.7 Å². The smallest absolute Gasteiger partial charge is 0.271 e. The van der Waals surface area contributed by atoms with E-state index in [1.165, 1.54) is 65.1 Å². The minimum Gasteiger partial charge on any atom is -0.458 e. The lowest BCUT2D eigenvalue weighted by molar-refractivity contribution is -0.572. The van der Waals surface area contributed by atoms with E-state index >= 15 is 0 Å². The number of pyridine rings is 2. The Labute approximate surface area is 422 Å². The van der Waals surface area contributed by atoms with E-state index in [1.54, 1.807) is 6.20 Å². The van der Waals surface area contributed by atoms with Crippen LogP contribution in [0, 0.1) is 13.2 Å². The van der Waals surface area contributed by atoms with Crippen molar-refractivity contribution in [2.75, 3.05) is 0 Å². The third-order valence-electron chi connectivity index (χ3n) is 14.1. The topological polar surface area (TPSA) is 48.8 Å². The van der Waals surface area contributed by atoms with Crippen LogP contribution in [0.5, 0.6) is 11.5 Å². The lowest BCUT2D eigenvalue weighted by atomic mass is 9.83. The van der Waals surface area contributed by atoms with Crippen molar-refractivity contribution in [1.29, 1.82) is 0 Å². The SMILES string of the molecule is [2H]c1c([2H])c([2H])c(-c2cnc(-n3c4ccccc4c4ccc(Oc5ccnc(-n6[c-][n+](-c7c(-c8cccc([Si]9(c%10ccccc%10)CCCCC9)c8)cccc7C(C)(C)C)c7ccccc76)c5)cc43)cc2C([2H])([2H])[2H])c([2H])c1[2H]. The molecule has 0 atom stereocenters. The van der Waals surface area contributed by atoms with Crippen molar-refractivity contribution in [1.82, 2.24) is 19.1 Å². The number of nitrogens with zero attached hydrogens (tertiary/aromatic N) is 5. The molecule has 6 nitrogen and oxygen atoms in total. The summed E-state index contributed by atoms with van der Waals surface area (Å²) in [5, 5.41) is 4.76. The van der Waals surface area contributed by atoms with Gasteiger partial charge in [0.15, 0.2) is 5.82 Å². The standard InChI is InChI=1S/C63H55N5OSi/c1-44-38-61(65-42-54(44)45-20-8-5-9-21-45)68-56-29-13-12-26-52(56)53-33-32-47(40-59(53)68)69-48-34-35-64-60(41-48)66-43-67(58-31-15-14-30-57(58)66)62-51(27-19-28-55(62)63(2,3)4)46-22-18-25-50(39-46)70(36-16-7-17-37-70)49-23-10-6-11-24-49/h5-6,8-15,18-35,38-42H,7,16-17,36-37H2,1-4H3/i1D3,5D,8D,9D,20D,21D. The number of aromatic nitrogens is 5. The first-order chi connectivity index (χ1) is 37.5. The van der Waals surface area contributed by atoms with Crippen molar-refractivity contribution in [3.63, 3.8) is 0 Å². The second-order valence-corrected chi connectivity index (χ2v) is 23.7. The van der Waals surface area contributed by atoms with Crippen LogP contribution in [-0.2, 0) is 5.41 Å². The molecule has 12 rings (SSSR count). The van der Waals surface area contributed by atoms with Crippen molar-refractivity contribution in [2.24, 2.45) is 0 Å². The van der Waals surface area contributed by atoms with Gasteiger partial charge in [-0.1, -0.05) is 196 Å². The summed E-state index contributed by atoms with van der Waals surface area (Å²) in [5.74, 6) is 1.89. The van der Waals surface area contributed by atoms with Gasteiger partial charge in [-0.3, -0.25) is 18.7 Å². The van der Waals surface area contributed by atoms with Crippen molar-refractivity contribution >= 4 is 51.3 Å². The number of para-hydroxylation sites is 4. The Balaban J connectivity index is 0.947. The molecule has 4 aromatic heterocycles.